The lowest BCUT2D eigenvalue weighted by molar-refractivity contribution is 0.242. The summed E-state index contributed by atoms with van der Waals surface area (Å²) in [6, 6.07) is 10.3. The molecule has 1 atom stereocenters. The molecule has 0 aliphatic carbocycles. The summed E-state index contributed by atoms with van der Waals surface area (Å²) in [7, 11) is 0. The molecular weight excluding hydrogens is 318 g/mol. The van der Waals surface area contributed by atoms with Crippen LogP contribution >= 0.6 is 15.9 Å². The first-order chi connectivity index (χ1) is 9.61. The first-order valence-electron chi connectivity index (χ1n) is 6.84. The second-order valence-corrected chi connectivity index (χ2v) is 5.60. The van der Waals surface area contributed by atoms with Crippen LogP contribution in [-0.2, 0) is 0 Å². The molecular formula is C16H20BrNO2. The van der Waals surface area contributed by atoms with Crippen molar-refractivity contribution in [2.75, 3.05) is 6.54 Å². The molecule has 0 aliphatic rings. The molecule has 2 aromatic rings. The molecule has 0 radical (unpaired) electrons. The van der Waals surface area contributed by atoms with Crippen LogP contribution in [0.5, 0.6) is 5.75 Å². The van der Waals surface area contributed by atoms with Crippen molar-refractivity contribution in [3.05, 3.63) is 52.4 Å². The lowest BCUT2D eigenvalue weighted by Crippen LogP contribution is -2.21. The van der Waals surface area contributed by atoms with Crippen LogP contribution in [-0.4, -0.2) is 12.6 Å². The van der Waals surface area contributed by atoms with E-state index in [1.54, 1.807) is 6.26 Å². The molecule has 0 spiro atoms. The van der Waals surface area contributed by atoms with Crippen LogP contribution in [0, 0.1) is 0 Å². The highest BCUT2D eigenvalue weighted by Gasteiger charge is 2.17. The molecule has 1 heterocycles. The molecule has 1 aromatic heterocycles. The smallest absolute Gasteiger partial charge is 0.174 e. The maximum atomic E-state index is 5.68. The van der Waals surface area contributed by atoms with Gasteiger partial charge < -0.3 is 14.5 Å². The zero-order valence-corrected chi connectivity index (χ0v) is 13.6. The summed E-state index contributed by atoms with van der Waals surface area (Å²) in [6.07, 6.45) is 1.88. The van der Waals surface area contributed by atoms with Crippen molar-refractivity contribution in [2.45, 2.75) is 32.9 Å². The summed E-state index contributed by atoms with van der Waals surface area (Å²) in [5, 5.41) is 3.47. The molecule has 2 rings (SSSR count). The number of halogens is 1. The van der Waals surface area contributed by atoms with Gasteiger partial charge in [0.1, 0.15) is 5.75 Å². The van der Waals surface area contributed by atoms with Crippen molar-refractivity contribution in [2.24, 2.45) is 0 Å². The summed E-state index contributed by atoms with van der Waals surface area (Å²) in [4.78, 5) is 0. The maximum absolute atomic E-state index is 5.68. The minimum atomic E-state index is 0.112. The lowest BCUT2D eigenvalue weighted by Gasteiger charge is -2.18. The number of rotatable bonds is 6. The number of furan rings is 1. The van der Waals surface area contributed by atoms with Gasteiger partial charge in [0.05, 0.1) is 18.4 Å². The fourth-order valence-electron chi connectivity index (χ4n) is 2.13. The van der Waals surface area contributed by atoms with E-state index in [4.69, 9.17) is 9.15 Å². The lowest BCUT2D eigenvalue weighted by atomic mass is 10.0. The Kier molecular flexibility index (Phi) is 5.26. The minimum Gasteiger partial charge on any atom is -0.491 e. The highest BCUT2D eigenvalue weighted by atomic mass is 79.9. The van der Waals surface area contributed by atoms with Crippen molar-refractivity contribution in [1.82, 2.24) is 5.32 Å². The Bertz CT molecular complexity index is 534. The summed E-state index contributed by atoms with van der Waals surface area (Å²) in [5.41, 5.74) is 2.29. The van der Waals surface area contributed by atoms with E-state index in [1.807, 2.05) is 32.0 Å². The zero-order chi connectivity index (χ0) is 14.5. The fraction of sp³-hybridized carbons (Fsp3) is 0.375. The second-order valence-electron chi connectivity index (χ2n) is 4.88. The third-order valence-corrected chi connectivity index (χ3v) is 3.60. The molecule has 20 heavy (non-hydrogen) atoms. The van der Waals surface area contributed by atoms with Gasteiger partial charge in [-0.05, 0) is 60.1 Å². The predicted molar refractivity (Wildman–Crippen MR) is 84.1 cm³/mol. The number of hydrogen-bond donors (Lipinski definition) is 1. The first kappa shape index (κ1) is 15.1. The Morgan fingerprint density at radius 3 is 2.40 bits per heavy atom. The molecule has 0 fully saturated rings. The quantitative estimate of drug-likeness (QED) is 0.840. The largest absolute Gasteiger partial charge is 0.491 e. The van der Waals surface area contributed by atoms with E-state index in [0.29, 0.717) is 0 Å². The van der Waals surface area contributed by atoms with Gasteiger partial charge in [0.25, 0.3) is 0 Å². The van der Waals surface area contributed by atoms with Gasteiger partial charge in [-0.2, -0.15) is 0 Å². The molecule has 0 saturated heterocycles. The molecule has 1 unspecified atom stereocenters. The Balaban J connectivity index is 2.24. The number of ether oxygens (including phenoxy) is 1. The van der Waals surface area contributed by atoms with Crippen LogP contribution in [0.3, 0.4) is 0 Å². The van der Waals surface area contributed by atoms with E-state index in [-0.39, 0.29) is 12.1 Å². The summed E-state index contributed by atoms with van der Waals surface area (Å²) in [5.74, 6) is 0.894. The van der Waals surface area contributed by atoms with Gasteiger partial charge in [-0.15, -0.1) is 0 Å². The van der Waals surface area contributed by atoms with Gasteiger partial charge in [-0.3, -0.25) is 0 Å². The third-order valence-electron chi connectivity index (χ3n) is 2.95. The molecule has 1 N–H and O–H groups in total. The van der Waals surface area contributed by atoms with Crippen molar-refractivity contribution in [3.8, 4) is 5.75 Å². The van der Waals surface area contributed by atoms with E-state index in [9.17, 15) is 0 Å². The average Bonchev–Trinajstić information content (AvgIpc) is 2.83. The molecule has 0 aliphatic heterocycles. The Morgan fingerprint density at radius 1 is 1.20 bits per heavy atom. The van der Waals surface area contributed by atoms with E-state index < -0.39 is 0 Å². The summed E-state index contributed by atoms with van der Waals surface area (Å²) >= 11 is 3.45. The van der Waals surface area contributed by atoms with Crippen LogP contribution in [0.1, 0.15) is 37.9 Å². The van der Waals surface area contributed by atoms with Gasteiger partial charge in [0, 0.05) is 5.56 Å². The van der Waals surface area contributed by atoms with Crippen molar-refractivity contribution in [3.63, 3.8) is 0 Å². The topological polar surface area (TPSA) is 34.4 Å². The Hall–Kier alpha value is -1.26. The van der Waals surface area contributed by atoms with Crippen molar-refractivity contribution >= 4 is 15.9 Å². The number of benzene rings is 1. The van der Waals surface area contributed by atoms with Gasteiger partial charge in [0.15, 0.2) is 4.67 Å². The van der Waals surface area contributed by atoms with Gasteiger partial charge >= 0.3 is 0 Å². The molecule has 4 heteroatoms. The average molecular weight is 338 g/mol. The van der Waals surface area contributed by atoms with Crippen LogP contribution in [0.15, 0.2) is 45.7 Å². The maximum Gasteiger partial charge on any atom is 0.174 e. The minimum absolute atomic E-state index is 0.112. The van der Waals surface area contributed by atoms with Gasteiger partial charge in [-0.25, -0.2) is 0 Å². The third kappa shape index (κ3) is 3.64. The van der Waals surface area contributed by atoms with E-state index in [2.05, 4.69) is 40.3 Å². The van der Waals surface area contributed by atoms with E-state index in [1.165, 1.54) is 5.56 Å². The molecule has 0 saturated carbocycles. The van der Waals surface area contributed by atoms with Crippen LogP contribution in [0.4, 0.5) is 0 Å². The molecule has 0 amide bonds. The van der Waals surface area contributed by atoms with Crippen LogP contribution in [0.25, 0.3) is 0 Å². The van der Waals surface area contributed by atoms with E-state index >= 15 is 0 Å². The number of nitrogens with one attached hydrogen (secondary N) is 1. The molecule has 108 valence electrons. The standard InChI is InChI=1S/C16H20BrNO2/c1-4-18-15(14-9-10-19-16(14)17)12-5-7-13(8-6-12)20-11(2)3/h5-11,15,18H,4H2,1-3H3. The zero-order valence-electron chi connectivity index (χ0n) is 12.0. The van der Waals surface area contributed by atoms with Crippen molar-refractivity contribution < 1.29 is 9.15 Å². The normalized spacial score (nSPS) is 12.7. The number of hydrogen-bond acceptors (Lipinski definition) is 3. The van der Waals surface area contributed by atoms with Gasteiger partial charge in [-0.1, -0.05) is 19.1 Å². The monoisotopic (exact) mass is 337 g/mol. The highest BCUT2D eigenvalue weighted by Crippen LogP contribution is 2.30. The van der Waals surface area contributed by atoms with Gasteiger partial charge in [0.2, 0.25) is 0 Å². The van der Waals surface area contributed by atoms with Crippen LogP contribution in [0.2, 0.25) is 0 Å². The van der Waals surface area contributed by atoms with E-state index in [0.717, 1.165) is 22.5 Å². The second kappa shape index (κ2) is 6.95. The highest BCUT2D eigenvalue weighted by molar-refractivity contribution is 9.10. The molecule has 3 nitrogen and oxygen atoms in total. The Labute approximate surface area is 128 Å². The summed E-state index contributed by atoms with van der Waals surface area (Å²) in [6.45, 7) is 7.03. The molecule has 1 aromatic carbocycles. The predicted octanol–water partition coefficient (Wildman–Crippen LogP) is 4.53. The Morgan fingerprint density at radius 2 is 1.90 bits per heavy atom. The SMILES string of the molecule is CCNC(c1ccc(OC(C)C)cc1)c1ccoc1Br. The van der Waals surface area contributed by atoms with Crippen molar-refractivity contribution in [1.29, 1.82) is 0 Å². The molecule has 0 bridgehead atoms. The van der Waals surface area contributed by atoms with Crippen LogP contribution < -0.4 is 10.1 Å². The first-order valence-corrected chi connectivity index (χ1v) is 7.64. The summed E-state index contributed by atoms with van der Waals surface area (Å²) < 4.78 is 11.8. The fourth-order valence-corrected chi connectivity index (χ4v) is 2.60.